The minimum absolute atomic E-state index is 0.0823. The van der Waals surface area contributed by atoms with Crippen molar-refractivity contribution in [1.82, 2.24) is 10.4 Å². The lowest BCUT2D eigenvalue weighted by Crippen LogP contribution is -2.39. The Morgan fingerprint density at radius 3 is 2.33 bits per heavy atom. The lowest BCUT2D eigenvalue weighted by atomic mass is 10.0. The molecule has 1 amide bonds. The van der Waals surface area contributed by atoms with Gasteiger partial charge >= 0.3 is 0 Å². The van der Waals surface area contributed by atoms with Crippen LogP contribution in [0.1, 0.15) is 30.5 Å². The molecule has 0 saturated carbocycles. The van der Waals surface area contributed by atoms with Gasteiger partial charge in [-0.3, -0.25) is 10.2 Å². The summed E-state index contributed by atoms with van der Waals surface area (Å²) < 4.78 is 0. The van der Waals surface area contributed by atoms with Crippen LogP contribution in [0.25, 0.3) is 5.70 Å². The van der Waals surface area contributed by atoms with Crippen LogP contribution < -0.4 is 10.3 Å². The summed E-state index contributed by atoms with van der Waals surface area (Å²) in [5.74, 6) is 0.0823. The largest absolute Gasteiger partial charge is 0.378 e. The van der Waals surface area contributed by atoms with Gasteiger partial charge in [0.2, 0.25) is 5.91 Å². The fraction of sp³-hybridized carbons (Fsp3) is 0.250. The first-order chi connectivity index (χ1) is 11.6. The maximum Gasteiger partial charge on any atom is 0.241 e. The van der Waals surface area contributed by atoms with E-state index in [1.54, 1.807) is 5.01 Å². The molecule has 0 aliphatic carbocycles. The molecule has 1 atom stereocenters. The van der Waals surface area contributed by atoms with Crippen LogP contribution in [-0.2, 0) is 4.79 Å². The monoisotopic (exact) mass is 321 g/mol. The zero-order valence-corrected chi connectivity index (χ0v) is 14.4. The van der Waals surface area contributed by atoms with Crippen molar-refractivity contribution < 1.29 is 4.79 Å². The summed E-state index contributed by atoms with van der Waals surface area (Å²) in [7, 11) is 4.04. The highest BCUT2D eigenvalue weighted by Crippen LogP contribution is 2.32. The number of hydrazine groups is 1. The molecule has 2 aromatic rings. The van der Waals surface area contributed by atoms with Gasteiger partial charge < -0.3 is 4.90 Å². The minimum Gasteiger partial charge on any atom is -0.378 e. The van der Waals surface area contributed by atoms with E-state index >= 15 is 0 Å². The third-order valence-electron chi connectivity index (χ3n) is 4.25. The Morgan fingerprint density at radius 2 is 1.75 bits per heavy atom. The first kappa shape index (κ1) is 16.1. The fourth-order valence-corrected chi connectivity index (χ4v) is 2.85. The molecule has 0 fully saturated rings. The fourth-order valence-electron chi connectivity index (χ4n) is 2.85. The van der Waals surface area contributed by atoms with Gasteiger partial charge in [0.25, 0.3) is 0 Å². The molecular weight excluding hydrogens is 298 g/mol. The lowest BCUT2D eigenvalue weighted by molar-refractivity contribution is -0.134. The second kappa shape index (κ2) is 6.79. The van der Waals surface area contributed by atoms with Crippen LogP contribution >= 0.6 is 0 Å². The van der Waals surface area contributed by atoms with E-state index in [1.165, 1.54) is 0 Å². The molecule has 4 heteroatoms. The molecule has 0 saturated heterocycles. The summed E-state index contributed by atoms with van der Waals surface area (Å²) in [5.41, 5.74) is 7.57. The van der Waals surface area contributed by atoms with Gasteiger partial charge in [-0.1, -0.05) is 49.4 Å². The molecule has 0 spiro atoms. The molecule has 0 bridgehead atoms. The van der Waals surface area contributed by atoms with Crippen molar-refractivity contribution >= 4 is 17.3 Å². The van der Waals surface area contributed by atoms with Crippen molar-refractivity contribution in [2.75, 3.05) is 19.0 Å². The molecule has 4 nitrogen and oxygen atoms in total. The lowest BCUT2D eigenvalue weighted by Gasteiger charge is -2.25. The average Bonchev–Trinajstić information content (AvgIpc) is 3.07. The van der Waals surface area contributed by atoms with E-state index in [1.807, 2.05) is 51.4 Å². The molecule has 24 heavy (non-hydrogen) atoms. The topological polar surface area (TPSA) is 35.6 Å². The second-order valence-electron chi connectivity index (χ2n) is 6.11. The number of amides is 1. The Hall–Kier alpha value is -2.75. The van der Waals surface area contributed by atoms with Gasteiger partial charge in [0.1, 0.15) is 0 Å². The molecule has 3 rings (SSSR count). The number of anilines is 1. The normalized spacial score (nSPS) is 16.5. The second-order valence-corrected chi connectivity index (χ2v) is 6.11. The number of hydrogen-bond acceptors (Lipinski definition) is 3. The predicted molar refractivity (Wildman–Crippen MR) is 98.2 cm³/mol. The summed E-state index contributed by atoms with van der Waals surface area (Å²) in [6, 6.07) is 18.3. The van der Waals surface area contributed by atoms with E-state index in [0.29, 0.717) is 6.42 Å². The van der Waals surface area contributed by atoms with E-state index in [-0.39, 0.29) is 11.9 Å². The van der Waals surface area contributed by atoms with E-state index in [0.717, 1.165) is 22.5 Å². The smallest absolute Gasteiger partial charge is 0.241 e. The van der Waals surface area contributed by atoms with Crippen LogP contribution in [0.3, 0.4) is 0 Å². The van der Waals surface area contributed by atoms with Crippen molar-refractivity contribution in [2.24, 2.45) is 0 Å². The standard InChI is InChI=1S/C20H23N3O/c1-4-20(24)23-19(16-10-12-17(13-11-16)22(2)3)14-18(21-23)15-8-6-5-7-9-15/h5-14,19,21H,4H2,1-3H3/t19-/m0/s1. The quantitative estimate of drug-likeness (QED) is 0.935. The maximum atomic E-state index is 12.4. The molecule has 0 aromatic heterocycles. The number of carbonyl (C=O) groups excluding carboxylic acids is 1. The predicted octanol–water partition coefficient (Wildman–Crippen LogP) is 3.59. The Kier molecular flexibility index (Phi) is 4.56. The molecule has 2 aromatic carbocycles. The first-order valence-electron chi connectivity index (χ1n) is 8.23. The van der Waals surface area contributed by atoms with E-state index < -0.39 is 0 Å². The molecule has 0 radical (unpaired) electrons. The third-order valence-corrected chi connectivity index (χ3v) is 4.25. The highest BCUT2D eigenvalue weighted by Gasteiger charge is 2.29. The van der Waals surface area contributed by atoms with Crippen molar-refractivity contribution in [3.8, 4) is 0 Å². The van der Waals surface area contributed by atoms with Crippen LogP contribution in [0.2, 0.25) is 0 Å². The van der Waals surface area contributed by atoms with Gasteiger partial charge in [0, 0.05) is 26.2 Å². The van der Waals surface area contributed by atoms with Crippen molar-refractivity contribution in [1.29, 1.82) is 0 Å². The van der Waals surface area contributed by atoms with E-state index in [4.69, 9.17) is 0 Å². The molecule has 1 aliphatic rings. The summed E-state index contributed by atoms with van der Waals surface area (Å²) in [6.45, 7) is 1.89. The number of nitrogens with one attached hydrogen (secondary N) is 1. The van der Waals surface area contributed by atoms with Gasteiger partial charge in [0.15, 0.2) is 0 Å². The van der Waals surface area contributed by atoms with E-state index in [2.05, 4.69) is 40.7 Å². The average molecular weight is 321 g/mol. The minimum atomic E-state index is -0.0936. The molecule has 124 valence electrons. The van der Waals surface area contributed by atoms with Gasteiger partial charge in [-0.05, 0) is 29.3 Å². The van der Waals surface area contributed by atoms with Crippen molar-refractivity contribution in [2.45, 2.75) is 19.4 Å². The maximum absolute atomic E-state index is 12.4. The third kappa shape index (κ3) is 3.13. The van der Waals surface area contributed by atoms with Gasteiger partial charge in [-0.2, -0.15) is 0 Å². The van der Waals surface area contributed by atoms with Crippen LogP contribution in [0.4, 0.5) is 5.69 Å². The summed E-state index contributed by atoms with van der Waals surface area (Å²) in [6.07, 6.45) is 2.59. The highest BCUT2D eigenvalue weighted by atomic mass is 16.2. The first-order valence-corrected chi connectivity index (χ1v) is 8.23. The summed E-state index contributed by atoms with van der Waals surface area (Å²) >= 11 is 0. The summed E-state index contributed by atoms with van der Waals surface area (Å²) in [5, 5.41) is 1.73. The van der Waals surface area contributed by atoms with Crippen LogP contribution in [0, 0.1) is 0 Å². The Labute approximate surface area is 143 Å². The van der Waals surface area contributed by atoms with Gasteiger partial charge in [-0.25, -0.2) is 5.01 Å². The highest BCUT2D eigenvalue weighted by molar-refractivity contribution is 5.80. The zero-order valence-electron chi connectivity index (χ0n) is 14.4. The number of benzene rings is 2. The zero-order chi connectivity index (χ0) is 17.1. The van der Waals surface area contributed by atoms with Gasteiger partial charge in [0.05, 0.1) is 11.7 Å². The number of nitrogens with zero attached hydrogens (tertiary/aromatic N) is 2. The molecule has 1 N–H and O–H groups in total. The Bertz CT molecular complexity index is 735. The van der Waals surface area contributed by atoms with Crippen LogP contribution in [-0.4, -0.2) is 25.0 Å². The van der Waals surface area contributed by atoms with Crippen LogP contribution in [0.5, 0.6) is 0 Å². The van der Waals surface area contributed by atoms with Crippen molar-refractivity contribution in [3.63, 3.8) is 0 Å². The number of carbonyl (C=O) groups is 1. The molecule has 1 heterocycles. The Balaban J connectivity index is 1.94. The molecule has 1 aliphatic heterocycles. The van der Waals surface area contributed by atoms with Crippen molar-refractivity contribution in [3.05, 3.63) is 71.8 Å². The van der Waals surface area contributed by atoms with Crippen LogP contribution in [0.15, 0.2) is 60.7 Å². The molecular formula is C20H23N3O. The SMILES string of the molecule is CCC(=O)N1NC(c2ccccc2)=C[C@H]1c1ccc(N(C)C)cc1. The summed E-state index contributed by atoms with van der Waals surface area (Å²) in [4.78, 5) is 14.4. The number of hydrogen-bond donors (Lipinski definition) is 1. The van der Waals surface area contributed by atoms with E-state index in [9.17, 15) is 4.79 Å². The van der Waals surface area contributed by atoms with Gasteiger partial charge in [-0.15, -0.1) is 0 Å². The molecule has 0 unspecified atom stereocenters. The Morgan fingerprint density at radius 1 is 1.08 bits per heavy atom. The number of rotatable bonds is 4.